The number of fused-ring (bicyclic) bond motifs is 1. The first-order valence-corrected chi connectivity index (χ1v) is 11.3. The van der Waals surface area contributed by atoms with Crippen LogP contribution in [0.3, 0.4) is 0 Å². The Bertz CT molecular complexity index is 1520. The minimum absolute atomic E-state index is 0.135. The molecule has 0 aliphatic heterocycles. The van der Waals surface area contributed by atoms with Crippen LogP contribution in [0.2, 0.25) is 0 Å². The van der Waals surface area contributed by atoms with Gasteiger partial charge in [-0.15, -0.1) is 0 Å². The van der Waals surface area contributed by atoms with Gasteiger partial charge in [0.05, 0.1) is 5.69 Å². The molecular formula is C29H27NO4. The zero-order valence-electron chi connectivity index (χ0n) is 19.5. The Balaban J connectivity index is 0.00000133. The predicted octanol–water partition coefficient (Wildman–Crippen LogP) is 6.23. The number of allylic oxidation sites excluding steroid dienone is 6. The van der Waals surface area contributed by atoms with Gasteiger partial charge in [0.15, 0.2) is 5.76 Å². The molecule has 3 aromatic heterocycles. The van der Waals surface area contributed by atoms with Crippen LogP contribution in [0.1, 0.15) is 37.7 Å². The molecule has 0 spiro atoms. The lowest BCUT2D eigenvalue weighted by Gasteiger charge is -2.04. The van der Waals surface area contributed by atoms with E-state index in [1.54, 1.807) is 6.07 Å². The number of hydrogen-bond donors (Lipinski definition) is 1. The zero-order valence-corrected chi connectivity index (χ0v) is 19.5. The van der Waals surface area contributed by atoms with Crippen LogP contribution < -0.4 is 10.6 Å². The Morgan fingerprint density at radius 3 is 2.53 bits per heavy atom. The summed E-state index contributed by atoms with van der Waals surface area (Å²) in [5.74, 6) is -0.248. The van der Waals surface area contributed by atoms with Gasteiger partial charge in [-0.1, -0.05) is 69.0 Å². The van der Waals surface area contributed by atoms with Crippen molar-refractivity contribution in [3.8, 4) is 17.3 Å². The fraction of sp³-hybridized carbons (Fsp3) is 0.138. The van der Waals surface area contributed by atoms with Gasteiger partial charge >= 0.3 is 5.97 Å². The second-order valence-electron chi connectivity index (χ2n) is 7.52. The van der Waals surface area contributed by atoms with E-state index in [2.05, 4.69) is 37.0 Å². The van der Waals surface area contributed by atoms with E-state index in [0.717, 1.165) is 39.4 Å². The van der Waals surface area contributed by atoms with Crippen LogP contribution in [0.25, 0.3) is 40.5 Å². The van der Waals surface area contributed by atoms with Crippen LogP contribution in [0.5, 0.6) is 0 Å². The topological polar surface area (TPSA) is 68.5 Å². The fourth-order valence-electron chi connectivity index (χ4n) is 4.03. The molecule has 34 heavy (non-hydrogen) atoms. The molecule has 0 saturated heterocycles. The van der Waals surface area contributed by atoms with Crippen LogP contribution in [0, 0.1) is 0 Å². The van der Waals surface area contributed by atoms with Crippen molar-refractivity contribution in [3.63, 3.8) is 0 Å². The molecular weight excluding hydrogens is 426 g/mol. The van der Waals surface area contributed by atoms with Crippen LogP contribution in [0.15, 0.2) is 93.3 Å². The summed E-state index contributed by atoms with van der Waals surface area (Å²) >= 11 is 0. The smallest absolute Gasteiger partial charge is 0.371 e. The van der Waals surface area contributed by atoms with Gasteiger partial charge in [-0.3, -0.25) is 4.57 Å². The maximum atomic E-state index is 11.4. The number of carboxylic acids is 1. The molecule has 1 aromatic carbocycles. The molecule has 0 saturated carbocycles. The molecule has 5 nitrogen and oxygen atoms in total. The number of benzene rings is 1. The lowest BCUT2D eigenvalue weighted by Crippen LogP contribution is -2.28. The SMILES string of the molecule is C=c1/c(=C2/C=CCC=C/C2=C/C)cc(-c2cc3ccccc3o2)n1-c1ccc(C(=O)O)o1.CC. The van der Waals surface area contributed by atoms with Crippen molar-refractivity contribution in [2.75, 3.05) is 0 Å². The van der Waals surface area contributed by atoms with E-state index < -0.39 is 5.97 Å². The second kappa shape index (κ2) is 9.71. The third-order valence-electron chi connectivity index (χ3n) is 5.57. The van der Waals surface area contributed by atoms with Crippen LogP contribution in [-0.2, 0) is 0 Å². The first kappa shape index (κ1) is 22.9. The molecule has 0 amide bonds. The summed E-state index contributed by atoms with van der Waals surface area (Å²) in [5, 5.41) is 11.9. The van der Waals surface area contributed by atoms with E-state index in [4.69, 9.17) is 8.83 Å². The van der Waals surface area contributed by atoms with Crippen LogP contribution in [-0.4, -0.2) is 15.6 Å². The average molecular weight is 454 g/mol. The number of furan rings is 2. The average Bonchev–Trinajstić information content (AvgIpc) is 3.53. The summed E-state index contributed by atoms with van der Waals surface area (Å²) < 4.78 is 13.6. The van der Waals surface area contributed by atoms with Gasteiger partial charge in [0.1, 0.15) is 5.58 Å². The number of rotatable bonds is 3. The number of hydrogen-bond acceptors (Lipinski definition) is 3. The molecule has 1 aliphatic rings. The van der Waals surface area contributed by atoms with Crippen molar-refractivity contribution in [1.82, 2.24) is 4.57 Å². The van der Waals surface area contributed by atoms with Gasteiger partial charge in [-0.25, -0.2) is 4.79 Å². The van der Waals surface area contributed by atoms with E-state index >= 15 is 0 Å². The van der Waals surface area contributed by atoms with E-state index in [1.807, 2.05) is 61.7 Å². The van der Waals surface area contributed by atoms with Gasteiger partial charge in [0.2, 0.25) is 11.6 Å². The predicted molar refractivity (Wildman–Crippen MR) is 136 cm³/mol. The molecule has 1 N–H and O–H groups in total. The Kier molecular flexibility index (Phi) is 6.55. The molecule has 1 aliphatic carbocycles. The summed E-state index contributed by atoms with van der Waals surface area (Å²) in [7, 11) is 0. The maximum Gasteiger partial charge on any atom is 0.371 e. The highest BCUT2D eigenvalue weighted by Gasteiger charge is 2.19. The minimum atomic E-state index is -1.12. The fourth-order valence-corrected chi connectivity index (χ4v) is 4.03. The Morgan fingerprint density at radius 1 is 1.06 bits per heavy atom. The number of nitrogens with zero attached hydrogens (tertiary/aromatic N) is 1. The molecule has 0 unspecified atom stereocenters. The lowest BCUT2D eigenvalue weighted by atomic mass is 10.0. The summed E-state index contributed by atoms with van der Waals surface area (Å²) in [6.07, 6.45) is 11.3. The van der Waals surface area contributed by atoms with Crippen molar-refractivity contribution < 1.29 is 18.7 Å². The van der Waals surface area contributed by atoms with Gasteiger partial charge in [0, 0.05) is 22.0 Å². The van der Waals surface area contributed by atoms with Gasteiger partial charge in [-0.2, -0.15) is 0 Å². The third-order valence-corrected chi connectivity index (χ3v) is 5.57. The zero-order chi connectivity index (χ0) is 24.2. The minimum Gasteiger partial charge on any atom is -0.475 e. The number of carbonyl (C=O) groups is 1. The molecule has 0 bridgehead atoms. The molecule has 172 valence electrons. The van der Waals surface area contributed by atoms with E-state index in [0.29, 0.717) is 17.0 Å². The van der Waals surface area contributed by atoms with Gasteiger partial charge < -0.3 is 13.9 Å². The maximum absolute atomic E-state index is 11.4. The Labute approximate surface area is 197 Å². The Hall–Kier alpha value is -4.25. The molecule has 0 fully saturated rings. The highest BCUT2D eigenvalue weighted by molar-refractivity contribution is 5.85. The monoisotopic (exact) mass is 453 g/mol. The molecule has 5 heteroatoms. The highest BCUT2D eigenvalue weighted by Crippen LogP contribution is 2.29. The summed E-state index contributed by atoms with van der Waals surface area (Å²) in [6.45, 7) is 10.3. The first-order valence-electron chi connectivity index (χ1n) is 11.3. The molecule has 0 radical (unpaired) electrons. The number of para-hydroxylation sites is 1. The normalized spacial score (nSPS) is 15.9. The second-order valence-corrected chi connectivity index (χ2v) is 7.52. The van der Waals surface area contributed by atoms with Crippen molar-refractivity contribution in [2.45, 2.75) is 27.2 Å². The van der Waals surface area contributed by atoms with E-state index in [-0.39, 0.29) is 5.76 Å². The van der Waals surface area contributed by atoms with Crippen molar-refractivity contribution in [1.29, 1.82) is 0 Å². The van der Waals surface area contributed by atoms with Crippen molar-refractivity contribution in [2.24, 2.45) is 0 Å². The van der Waals surface area contributed by atoms with Crippen molar-refractivity contribution >= 4 is 29.1 Å². The molecule has 4 aromatic rings. The highest BCUT2D eigenvalue weighted by atomic mass is 16.4. The summed E-state index contributed by atoms with van der Waals surface area (Å²) in [6, 6.07) is 14.9. The number of carboxylic acid groups (broad SMARTS) is 1. The largest absolute Gasteiger partial charge is 0.475 e. The van der Waals surface area contributed by atoms with E-state index in [9.17, 15) is 9.90 Å². The summed E-state index contributed by atoms with van der Waals surface area (Å²) in [4.78, 5) is 11.4. The third kappa shape index (κ3) is 4.08. The number of aromatic nitrogens is 1. The lowest BCUT2D eigenvalue weighted by molar-refractivity contribution is 0.0662. The number of aromatic carboxylic acids is 1. The molecule has 3 heterocycles. The first-order chi connectivity index (χ1) is 16.6. The standard InChI is InChI=1S/C27H21NO4.C2H6/c1-3-18-9-5-4-6-11-20(18)21-16-22(25-15-19-10-7-8-12-23(19)31-25)28(17(21)2)26-14-13-24(32-26)27(29)30;1-2/h3,5-16H,2,4H2,1H3,(H,29,30);1-2H3/b18-3-,21-20-;. The van der Waals surface area contributed by atoms with Crippen LogP contribution in [0.4, 0.5) is 0 Å². The summed E-state index contributed by atoms with van der Waals surface area (Å²) in [5.41, 5.74) is 3.62. The quantitative estimate of drug-likeness (QED) is 0.399. The van der Waals surface area contributed by atoms with Gasteiger partial charge in [-0.05, 0) is 48.8 Å². The van der Waals surface area contributed by atoms with Crippen molar-refractivity contribution in [3.05, 3.63) is 101 Å². The van der Waals surface area contributed by atoms with Crippen LogP contribution >= 0.6 is 0 Å². The Morgan fingerprint density at radius 2 is 1.82 bits per heavy atom. The molecule has 5 rings (SSSR count). The molecule has 0 atom stereocenters. The van der Waals surface area contributed by atoms with E-state index in [1.165, 1.54) is 6.07 Å². The van der Waals surface area contributed by atoms with Gasteiger partial charge in [0.25, 0.3) is 0 Å².